The number of carbonyl (C=O) groups is 1. The number of nitrogens with zero attached hydrogens (tertiary/aromatic N) is 4. The van der Waals surface area contributed by atoms with Gasteiger partial charge in [-0.05, 0) is 36.2 Å². The van der Waals surface area contributed by atoms with Gasteiger partial charge in [-0.2, -0.15) is 0 Å². The molecule has 0 radical (unpaired) electrons. The van der Waals surface area contributed by atoms with Gasteiger partial charge < -0.3 is 14.2 Å². The number of rotatable bonds is 5. The minimum absolute atomic E-state index is 0.0609. The maximum absolute atomic E-state index is 12.4. The first kappa shape index (κ1) is 16.9. The lowest BCUT2D eigenvalue weighted by molar-refractivity contribution is -0.130. The summed E-state index contributed by atoms with van der Waals surface area (Å²) in [6.07, 6.45) is 5.11. The minimum atomic E-state index is -0.0609. The molecule has 1 amide bonds. The van der Waals surface area contributed by atoms with Gasteiger partial charge in [0.2, 0.25) is 5.91 Å². The first-order valence-electron chi connectivity index (χ1n) is 7.86. The van der Waals surface area contributed by atoms with Crippen molar-refractivity contribution in [1.29, 1.82) is 0 Å². The van der Waals surface area contributed by atoms with Gasteiger partial charge in [0.05, 0.1) is 16.7 Å². The van der Waals surface area contributed by atoms with Crippen LogP contribution in [-0.2, 0) is 11.2 Å². The van der Waals surface area contributed by atoms with Crippen molar-refractivity contribution in [2.24, 2.45) is 0 Å². The van der Waals surface area contributed by atoms with Crippen LogP contribution in [0.25, 0.3) is 0 Å². The SMILES string of the molecule is Cc1noc(C)c1CCC(=O)N1CC[C@@H](Oc2ncc(Br)cn2)C1. The van der Waals surface area contributed by atoms with Crippen molar-refractivity contribution < 1.29 is 14.1 Å². The molecule has 1 fully saturated rings. The highest BCUT2D eigenvalue weighted by Gasteiger charge is 2.28. The van der Waals surface area contributed by atoms with Crippen LogP contribution < -0.4 is 4.74 Å². The lowest BCUT2D eigenvalue weighted by Gasteiger charge is -2.16. The molecule has 0 spiro atoms. The maximum Gasteiger partial charge on any atom is 0.316 e. The van der Waals surface area contributed by atoms with Crippen molar-refractivity contribution in [3.8, 4) is 6.01 Å². The standard InChI is InChI=1S/C16H19BrN4O3/c1-10-14(11(2)24-20-10)3-4-15(22)21-6-5-13(9-21)23-16-18-7-12(17)8-19-16/h7-8,13H,3-6,9H2,1-2H3/t13-/m1/s1. The summed E-state index contributed by atoms with van der Waals surface area (Å²) >= 11 is 3.29. The predicted molar refractivity (Wildman–Crippen MR) is 89.6 cm³/mol. The number of aromatic nitrogens is 3. The van der Waals surface area contributed by atoms with E-state index in [4.69, 9.17) is 9.26 Å². The smallest absolute Gasteiger partial charge is 0.316 e. The van der Waals surface area contributed by atoms with Crippen LogP contribution in [0.4, 0.5) is 0 Å². The maximum atomic E-state index is 12.4. The van der Waals surface area contributed by atoms with Crippen LogP contribution in [0.15, 0.2) is 21.4 Å². The molecule has 0 aromatic carbocycles. The summed E-state index contributed by atoms with van der Waals surface area (Å²) in [6.45, 7) is 5.04. The second-order valence-corrected chi connectivity index (χ2v) is 6.77. The molecule has 1 aliphatic rings. The van der Waals surface area contributed by atoms with Crippen LogP contribution >= 0.6 is 15.9 Å². The van der Waals surface area contributed by atoms with E-state index in [-0.39, 0.29) is 12.0 Å². The number of aryl methyl sites for hydroxylation is 2. The van der Waals surface area contributed by atoms with Crippen LogP contribution in [-0.4, -0.2) is 45.1 Å². The van der Waals surface area contributed by atoms with Gasteiger partial charge in [-0.25, -0.2) is 9.97 Å². The lowest BCUT2D eigenvalue weighted by atomic mass is 10.1. The number of likely N-dealkylation sites (tertiary alicyclic amines) is 1. The Morgan fingerprint density at radius 3 is 2.83 bits per heavy atom. The molecule has 0 unspecified atom stereocenters. The van der Waals surface area contributed by atoms with Gasteiger partial charge >= 0.3 is 6.01 Å². The minimum Gasteiger partial charge on any atom is -0.458 e. The fourth-order valence-electron chi connectivity index (χ4n) is 2.81. The third-order valence-electron chi connectivity index (χ3n) is 4.14. The van der Waals surface area contributed by atoms with E-state index in [0.29, 0.717) is 31.9 Å². The van der Waals surface area contributed by atoms with Crippen molar-refractivity contribution in [3.05, 3.63) is 33.9 Å². The summed E-state index contributed by atoms with van der Waals surface area (Å²) < 4.78 is 11.7. The fraction of sp³-hybridized carbons (Fsp3) is 0.500. The third kappa shape index (κ3) is 3.92. The fourth-order valence-corrected chi connectivity index (χ4v) is 3.01. The molecule has 7 nitrogen and oxygen atoms in total. The predicted octanol–water partition coefficient (Wildman–Crippen LogP) is 2.46. The Morgan fingerprint density at radius 2 is 2.17 bits per heavy atom. The van der Waals surface area contributed by atoms with Crippen molar-refractivity contribution in [3.63, 3.8) is 0 Å². The average molecular weight is 395 g/mol. The Hall–Kier alpha value is -1.96. The van der Waals surface area contributed by atoms with E-state index in [2.05, 4.69) is 31.1 Å². The number of carbonyl (C=O) groups excluding carboxylic acids is 1. The highest BCUT2D eigenvalue weighted by Crippen LogP contribution is 2.19. The number of hydrogen-bond acceptors (Lipinski definition) is 6. The zero-order valence-corrected chi connectivity index (χ0v) is 15.2. The topological polar surface area (TPSA) is 81.4 Å². The largest absolute Gasteiger partial charge is 0.458 e. The van der Waals surface area contributed by atoms with Crippen molar-refractivity contribution in [2.75, 3.05) is 13.1 Å². The Labute approximate surface area is 148 Å². The van der Waals surface area contributed by atoms with Gasteiger partial charge in [0.25, 0.3) is 0 Å². The average Bonchev–Trinajstić information content (AvgIpc) is 3.15. The molecule has 2 aromatic heterocycles. The molecule has 8 heteroatoms. The van der Waals surface area contributed by atoms with E-state index in [9.17, 15) is 4.79 Å². The zero-order chi connectivity index (χ0) is 17.1. The van der Waals surface area contributed by atoms with Gasteiger partial charge in [-0.3, -0.25) is 4.79 Å². The van der Waals surface area contributed by atoms with Crippen molar-refractivity contribution in [2.45, 2.75) is 39.2 Å². The van der Waals surface area contributed by atoms with Gasteiger partial charge in [-0.1, -0.05) is 5.16 Å². The first-order chi connectivity index (χ1) is 11.5. The summed E-state index contributed by atoms with van der Waals surface area (Å²) in [5, 5.41) is 3.92. The Kier molecular flexibility index (Phi) is 5.13. The van der Waals surface area contributed by atoms with E-state index >= 15 is 0 Å². The van der Waals surface area contributed by atoms with E-state index in [1.807, 2.05) is 18.7 Å². The third-order valence-corrected chi connectivity index (χ3v) is 4.55. The monoisotopic (exact) mass is 394 g/mol. The van der Waals surface area contributed by atoms with Crippen LogP contribution in [0.1, 0.15) is 29.9 Å². The molecule has 0 bridgehead atoms. The van der Waals surface area contributed by atoms with Gasteiger partial charge in [0.15, 0.2) is 0 Å². The molecule has 128 valence electrons. The summed E-state index contributed by atoms with van der Waals surface area (Å²) in [6, 6.07) is 0.341. The Balaban J connectivity index is 1.49. The molecule has 1 aliphatic heterocycles. The second kappa shape index (κ2) is 7.29. The zero-order valence-electron chi connectivity index (χ0n) is 13.7. The van der Waals surface area contributed by atoms with Gasteiger partial charge in [-0.15, -0.1) is 0 Å². The summed E-state index contributed by atoms with van der Waals surface area (Å²) in [7, 11) is 0. The Morgan fingerprint density at radius 1 is 1.42 bits per heavy atom. The quantitative estimate of drug-likeness (QED) is 0.774. The highest BCUT2D eigenvalue weighted by atomic mass is 79.9. The molecule has 0 saturated carbocycles. The number of ether oxygens (including phenoxy) is 1. The molecule has 3 rings (SSSR count). The number of halogens is 1. The van der Waals surface area contributed by atoms with Crippen LogP contribution in [0, 0.1) is 13.8 Å². The van der Waals surface area contributed by atoms with E-state index < -0.39 is 0 Å². The molecule has 2 aromatic rings. The molecule has 24 heavy (non-hydrogen) atoms. The van der Waals surface area contributed by atoms with Crippen molar-refractivity contribution in [1.82, 2.24) is 20.0 Å². The normalized spacial score (nSPS) is 17.3. The molecule has 1 atom stereocenters. The van der Waals surface area contributed by atoms with Crippen molar-refractivity contribution >= 4 is 21.8 Å². The van der Waals surface area contributed by atoms with Crippen LogP contribution in [0.2, 0.25) is 0 Å². The Bertz CT molecular complexity index is 697. The van der Waals surface area contributed by atoms with E-state index in [1.165, 1.54) is 0 Å². The van der Waals surface area contributed by atoms with Crippen LogP contribution in [0.3, 0.4) is 0 Å². The second-order valence-electron chi connectivity index (χ2n) is 5.85. The van der Waals surface area contributed by atoms with E-state index in [1.54, 1.807) is 12.4 Å². The number of amides is 1. The van der Waals surface area contributed by atoms with Gasteiger partial charge in [0, 0.05) is 37.3 Å². The molecule has 0 aliphatic carbocycles. The summed E-state index contributed by atoms with van der Waals surface area (Å²) in [4.78, 5) is 22.4. The molecular weight excluding hydrogens is 376 g/mol. The van der Waals surface area contributed by atoms with Gasteiger partial charge in [0.1, 0.15) is 11.9 Å². The molecule has 3 heterocycles. The van der Waals surface area contributed by atoms with E-state index in [0.717, 1.165) is 27.9 Å². The lowest BCUT2D eigenvalue weighted by Crippen LogP contribution is -2.31. The summed E-state index contributed by atoms with van der Waals surface area (Å²) in [5.41, 5.74) is 1.88. The highest BCUT2D eigenvalue weighted by molar-refractivity contribution is 9.10. The summed E-state index contributed by atoms with van der Waals surface area (Å²) in [5.74, 6) is 0.910. The van der Waals surface area contributed by atoms with Crippen LogP contribution in [0.5, 0.6) is 6.01 Å². The molecule has 1 saturated heterocycles. The molecular formula is C16H19BrN4O3. The molecule has 0 N–H and O–H groups in total. The number of hydrogen-bond donors (Lipinski definition) is 0. The first-order valence-corrected chi connectivity index (χ1v) is 8.66.